The second-order valence-corrected chi connectivity index (χ2v) is 7.26. The number of likely N-dealkylation sites (tertiary alicyclic amines) is 1. The first-order valence-corrected chi connectivity index (χ1v) is 9.67. The van der Waals surface area contributed by atoms with Crippen LogP contribution >= 0.6 is 0 Å². The minimum atomic E-state index is -0.558. The molecule has 1 aliphatic heterocycles. The van der Waals surface area contributed by atoms with E-state index in [1.54, 1.807) is 6.20 Å². The maximum atomic E-state index is 12.3. The molecule has 3 heterocycles. The molecule has 0 bridgehead atoms. The van der Waals surface area contributed by atoms with Gasteiger partial charge in [-0.1, -0.05) is 6.07 Å². The molecule has 3 rings (SSSR count). The van der Waals surface area contributed by atoms with E-state index in [0.717, 1.165) is 37.2 Å². The number of aliphatic hydroxyl groups is 1. The molecule has 7 heteroatoms. The van der Waals surface area contributed by atoms with E-state index in [-0.39, 0.29) is 11.9 Å². The standard InChI is InChI=1S/C20H29N5O2/c1-15-14-16(2)25(23-15)11-5-10-22-20(27)24-12-7-17(8-13-24)19(26)18-6-3-4-9-21-18/h3-4,6,9,14,17,19,26H,5,7-8,10-13H2,1-2H3,(H,22,27). The van der Waals surface area contributed by atoms with E-state index in [4.69, 9.17) is 0 Å². The maximum Gasteiger partial charge on any atom is 0.317 e. The van der Waals surface area contributed by atoms with Crippen molar-refractivity contribution in [2.24, 2.45) is 5.92 Å². The van der Waals surface area contributed by atoms with Crippen molar-refractivity contribution >= 4 is 6.03 Å². The van der Waals surface area contributed by atoms with Crippen molar-refractivity contribution in [1.82, 2.24) is 25.0 Å². The first-order chi connectivity index (χ1) is 13.0. The third-order valence-corrected chi connectivity index (χ3v) is 5.19. The minimum Gasteiger partial charge on any atom is -0.387 e. The quantitative estimate of drug-likeness (QED) is 0.764. The van der Waals surface area contributed by atoms with Crippen LogP contribution in [0.3, 0.4) is 0 Å². The van der Waals surface area contributed by atoms with Crippen LogP contribution in [-0.4, -0.2) is 50.4 Å². The summed E-state index contributed by atoms with van der Waals surface area (Å²) in [5.74, 6) is 0.148. The topological polar surface area (TPSA) is 83.3 Å². The average molecular weight is 371 g/mol. The van der Waals surface area contributed by atoms with E-state index in [9.17, 15) is 9.90 Å². The normalized spacial score (nSPS) is 16.3. The van der Waals surface area contributed by atoms with Gasteiger partial charge < -0.3 is 15.3 Å². The molecule has 1 fully saturated rings. The smallest absolute Gasteiger partial charge is 0.317 e. The second-order valence-electron chi connectivity index (χ2n) is 7.26. The Bertz CT molecular complexity index is 738. The average Bonchev–Trinajstić information content (AvgIpc) is 3.02. The molecule has 2 amide bonds. The Labute approximate surface area is 160 Å². The molecule has 27 heavy (non-hydrogen) atoms. The zero-order valence-electron chi connectivity index (χ0n) is 16.1. The first-order valence-electron chi connectivity index (χ1n) is 9.67. The number of carbonyl (C=O) groups excluding carboxylic acids is 1. The van der Waals surface area contributed by atoms with Crippen LogP contribution in [-0.2, 0) is 6.54 Å². The summed E-state index contributed by atoms with van der Waals surface area (Å²) in [6, 6.07) is 7.63. The van der Waals surface area contributed by atoms with Gasteiger partial charge in [0.1, 0.15) is 0 Å². The molecule has 2 aromatic rings. The fraction of sp³-hybridized carbons (Fsp3) is 0.550. The Hall–Kier alpha value is -2.41. The number of hydrogen-bond donors (Lipinski definition) is 2. The molecule has 1 atom stereocenters. The first kappa shape index (κ1) is 19.4. The Morgan fingerprint density at radius 3 is 2.74 bits per heavy atom. The number of aliphatic hydroxyl groups excluding tert-OH is 1. The van der Waals surface area contributed by atoms with Crippen LogP contribution in [0, 0.1) is 19.8 Å². The number of hydrogen-bond acceptors (Lipinski definition) is 4. The molecule has 2 aromatic heterocycles. The van der Waals surface area contributed by atoms with E-state index in [0.29, 0.717) is 25.3 Å². The van der Waals surface area contributed by atoms with Crippen molar-refractivity contribution in [3.8, 4) is 0 Å². The number of nitrogens with one attached hydrogen (secondary N) is 1. The van der Waals surface area contributed by atoms with Gasteiger partial charge in [0.2, 0.25) is 0 Å². The zero-order valence-corrected chi connectivity index (χ0v) is 16.1. The summed E-state index contributed by atoms with van der Waals surface area (Å²) in [5.41, 5.74) is 2.88. The van der Waals surface area contributed by atoms with Crippen molar-refractivity contribution in [3.05, 3.63) is 47.5 Å². The summed E-state index contributed by atoms with van der Waals surface area (Å²) in [6.07, 6.45) is 3.57. The molecule has 1 saturated heterocycles. The van der Waals surface area contributed by atoms with Crippen molar-refractivity contribution in [2.45, 2.75) is 45.8 Å². The maximum absolute atomic E-state index is 12.3. The van der Waals surface area contributed by atoms with E-state index in [1.807, 2.05) is 41.6 Å². The molecule has 0 saturated carbocycles. The summed E-state index contributed by atoms with van der Waals surface area (Å²) < 4.78 is 1.98. The molecular formula is C20H29N5O2. The number of urea groups is 1. The monoisotopic (exact) mass is 371 g/mol. The molecule has 2 N–H and O–H groups in total. The Morgan fingerprint density at radius 2 is 2.11 bits per heavy atom. The van der Waals surface area contributed by atoms with Gasteiger partial charge in [-0.15, -0.1) is 0 Å². The number of pyridine rings is 1. The van der Waals surface area contributed by atoms with Crippen LogP contribution < -0.4 is 5.32 Å². The molecule has 7 nitrogen and oxygen atoms in total. The largest absolute Gasteiger partial charge is 0.387 e. The number of amides is 2. The van der Waals surface area contributed by atoms with E-state index < -0.39 is 6.10 Å². The van der Waals surface area contributed by atoms with Crippen molar-refractivity contribution in [2.75, 3.05) is 19.6 Å². The summed E-state index contributed by atoms with van der Waals surface area (Å²) >= 11 is 0. The Balaban J connectivity index is 1.37. The lowest BCUT2D eigenvalue weighted by Crippen LogP contribution is -2.45. The number of carbonyl (C=O) groups is 1. The van der Waals surface area contributed by atoms with Crippen LogP contribution in [0.4, 0.5) is 4.79 Å². The van der Waals surface area contributed by atoms with Crippen molar-refractivity contribution in [1.29, 1.82) is 0 Å². The molecule has 1 unspecified atom stereocenters. The number of nitrogens with zero attached hydrogens (tertiary/aromatic N) is 4. The number of aromatic nitrogens is 3. The van der Waals surface area contributed by atoms with Crippen LogP contribution in [0.5, 0.6) is 0 Å². The summed E-state index contributed by atoms with van der Waals surface area (Å²) in [5, 5.41) is 17.9. The highest BCUT2D eigenvalue weighted by Crippen LogP contribution is 2.29. The lowest BCUT2D eigenvalue weighted by Gasteiger charge is -2.34. The van der Waals surface area contributed by atoms with Crippen LogP contribution in [0.15, 0.2) is 30.5 Å². The molecular weight excluding hydrogens is 342 g/mol. The fourth-order valence-corrected chi connectivity index (χ4v) is 3.65. The molecule has 0 radical (unpaired) electrons. The molecule has 1 aliphatic rings. The van der Waals surface area contributed by atoms with Crippen LogP contribution in [0.25, 0.3) is 0 Å². The lowest BCUT2D eigenvalue weighted by atomic mass is 9.89. The predicted molar refractivity (Wildman–Crippen MR) is 103 cm³/mol. The zero-order chi connectivity index (χ0) is 19.2. The van der Waals surface area contributed by atoms with Gasteiger partial charge in [-0.25, -0.2) is 4.79 Å². The lowest BCUT2D eigenvalue weighted by molar-refractivity contribution is 0.0636. The second kappa shape index (κ2) is 8.99. The van der Waals surface area contributed by atoms with Gasteiger partial charge in [0.25, 0.3) is 0 Å². The molecule has 0 aliphatic carbocycles. The summed E-state index contributed by atoms with van der Waals surface area (Å²) in [4.78, 5) is 18.4. The van der Waals surface area contributed by atoms with E-state index in [1.165, 1.54) is 0 Å². The number of rotatable bonds is 6. The minimum absolute atomic E-state index is 0.0193. The summed E-state index contributed by atoms with van der Waals surface area (Å²) in [7, 11) is 0. The van der Waals surface area contributed by atoms with Gasteiger partial charge in [0, 0.05) is 38.1 Å². The van der Waals surface area contributed by atoms with Gasteiger partial charge in [-0.3, -0.25) is 9.67 Å². The fourth-order valence-electron chi connectivity index (χ4n) is 3.65. The summed E-state index contributed by atoms with van der Waals surface area (Å²) in [6.45, 7) is 6.80. The predicted octanol–water partition coefficient (Wildman–Crippen LogP) is 2.44. The third-order valence-electron chi connectivity index (χ3n) is 5.19. The number of aryl methyl sites for hydroxylation is 3. The van der Waals surface area contributed by atoms with Gasteiger partial charge in [-0.2, -0.15) is 5.10 Å². The molecule has 0 aromatic carbocycles. The van der Waals surface area contributed by atoms with E-state index in [2.05, 4.69) is 21.5 Å². The van der Waals surface area contributed by atoms with Gasteiger partial charge >= 0.3 is 6.03 Å². The highest BCUT2D eigenvalue weighted by molar-refractivity contribution is 5.74. The van der Waals surface area contributed by atoms with Crippen LogP contribution in [0.1, 0.15) is 42.4 Å². The molecule has 146 valence electrons. The third kappa shape index (κ3) is 5.07. The number of piperidine rings is 1. The van der Waals surface area contributed by atoms with Gasteiger partial charge in [0.05, 0.1) is 17.5 Å². The molecule has 0 spiro atoms. The Kier molecular flexibility index (Phi) is 6.45. The Morgan fingerprint density at radius 1 is 1.33 bits per heavy atom. The van der Waals surface area contributed by atoms with Crippen LogP contribution in [0.2, 0.25) is 0 Å². The van der Waals surface area contributed by atoms with Gasteiger partial charge in [-0.05, 0) is 57.2 Å². The highest BCUT2D eigenvalue weighted by Gasteiger charge is 2.28. The van der Waals surface area contributed by atoms with E-state index >= 15 is 0 Å². The van der Waals surface area contributed by atoms with Gasteiger partial charge in [0.15, 0.2) is 0 Å². The van der Waals surface area contributed by atoms with Crippen molar-refractivity contribution < 1.29 is 9.90 Å². The SMILES string of the molecule is Cc1cc(C)n(CCCNC(=O)N2CCC(C(O)c3ccccn3)CC2)n1. The van der Waals surface area contributed by atoms with Crippen molar-refractivity contribution in [3.63, 3.8) is 0 Å². The highest BCUT2D eigenvalue weighted by atomic mass is 16.3.